The third-order valence-electron chi connectivity index (χ3n) is 21.7. The molecule has 34 heteroatoms. The normalized spacial score (nSPS) is 15.5. The third kappa shape index (κ3) is 27.1. The van der Waals surface area contributed by atoms with Gasteiger partial charge in [0.2, 0.25) is 0 Å². The minimum atomic E-state index is -0.538. The summed E-state index contributed by atoms with van der Waals surface area (Å²) in [6.07, 6.45) is 12.2. The molecule has 708 valence electrons. The number of nitrogens with one attached hydrogen (secondary N) is 2. The Kier molecular flexibility index (Phi) is 39.1. The third-order valence-corrected chi connectivity index (χ3v) is 22.1. The summed E-state index contributed by atoms with van der Waals surface area (Å²) >= 11 is 6.83. The summed E-state index contributed by atoms with van der Waals surface area (Å²) < 4.78 is 93.1. The lowest BCUT2D eigenvalue weighted by Crippen LogP contribution is -2.39. The van der Waals surface area contributed by atoms with Crippen LogP contribution in [0, 0.1) is 23.3 Å². The molecule has 4 fully saturated rings. The van der Waals surface area contributed by atoms with Crippen LogP contribution in [-0.4, -0.2) is 222 Å². The van der Waals surface area contributed by atoms with Crippen LogP contribution >= 0.6 is 28.6 Å². The van der Waals surface area contributed by atoms with Crippen LogP contribution in [0.3, 0.4) is 0 Å². The fourth-order valence-electron chi connectivity index (χ4n) is 14.7. The number of likely N-dealkylation sites (tertiary alicyclic amines) is 3. The van der Waals surface area contributed by atoms with Gasteiger partial charge >= 0.3 is 12.2 Å². The lowest BCUT2D eigenvalue weighted by Gasteiger charge is -2.28. The second kappa shape index (κ2) is 47.6. The molecule has 0 aliphatic carbocycles. The molecule has 28 nitrogen and oxygen atoms in total. The fraction of sp³-hybridized carbons (Fsp3) is 0.402. The number of amides is 2. The molecule has 2 amide bonds. The molecule has 0 saturated carbocycles. The number of thiol groups is 1. The smallest absolute Gasteiger partial charge is 0.410 e. The second-order valence-corrected chi connectivity index (χ2v) is 33.4. The van der Waals surface area contributed by atoms with Crippen molar-refractivity contribution in [1.82, 2.24) is 62.9 Å². The minimum Gasteiger partial charge on any atom is -0.494 e. The highest BCUT2D eigenvalue weighted by atomic mass is 79.9. The summed E-state index contributed by atoms with van der Waals surface area (Å²) in [5, 5.41) is 6.51. The number of likely N-dealkylation sites (N-methyl/N-ethyl adjacent to an activating group) is 5. The van der Waals surface area contributed by atoms with E-state index < -0.39 is 34.5 Å². The first-order valence-electron chi connectivity index (χ1n) is 40.9. The van der Waals surface area contributed by atoms with Gasteiger partial charge in [-0.05, 0) is 238 Å². The monoisotopic (exact) mass is 1890 g/mol. The molecular formula is C97H127BrF4N16O12S. The molecule has 12 aromatic rings. The predicted molar refractivity (Wildman–Crippen MR) is 524 cm³/mol. The molecule has 4 aromatic carbocycles. The highest BCUT2D eigenvalue weighted by Crippen LogP contribution is 2.32. The van der Waals surface area contributed by atoms with Crippen molar-refractivity contribution in [3.05, 3.63) is 240 Å². The van der Waals surface area contributed by atoms with Crippen LogP contribution in [0.15, 0.2) is 194 Å². The van der Waals surface area contributed by atoms with Gasteiger partial charge in [0.1, 0.15) is 33.8 Å². The number of rotatable bonds is 15. The number of carbonyl (C=O) groups excluding carboxylic acids is 2. The maximum absolute atomic E-state index is 14.1. The van der Waals surface area contributed by atoms with E-state index in [-0.39, 0.29) is 101 Å². The Morgan fingerprint density at radius 1 is 0.435 bits per heavy atom. The Labute approximate surface area is 778 Å². The first-order valence-corrected chi connectivity index (χ1v) is 42.6. The fourth-order valence-corrected chi connectivity index (χ4v) is 15.1. The van der Waals surface area contributed by atoms with Gasteiger partial charge in [0.15, 0.2) is 46.3 Å². The summed E-state index contributed by atoms with van der Waals surface area (Å²) in [5.74, 6) is -1.38. The van der Waals surface area contributed by atoms with Crippen molar-refractivity contribution >= 4 is 80.4 Å². The number of hydrogen-bond donors (Lipinski definition) is 3. The van der Waals surface area contributed by atoms with Crippen molar-refractivity contribution in [2.75, 3.05) is 137 Å². The number of ether oxygens (including phenoxy) is 6. The average molecular weight is 1900 g/mol. The number of benzene rings is 4. The van der Waals surface area contributed by atoms with Crippen molar-refractivity contribution in [2.24, 2.45) is 0 Å². The van der Waals surface area contributed by atoms with E-state index in [9.17, 15) is 46.3 Å². The van der Waals surface area contributed by atoms with E-state index in [1.807, 2.05) is 99.2 Å². The average Bonchev–Trinajstić information content (AvgIpc) is 1.36. The molecule has 4 aliphatic rings. The molecule has 131 heavy (non-hydrogen) atoms. The predicted octanol–water partition coefficient (Wildman–Crippen LogP) is 17.1. The van der Waals surface area contributed by atoms with Gasteiger partial charge in [0.05, 0.1) is 68.3 Å². The minimum absolute atomic E-state index is 0. The Hall–Kier alpha value is -12.1. The quantitative estimate of drug-likeness (QED) is 0.0635. The summed E-state index contributed by atoms with van der Waals surface area (Å²) in [6, 6.07) is 39.7. The van der Waals surface area contributed by atoms with E-state index in [2.05, 4.69) is 92.8 Å². The van der Waals surface area contributed by atoms with Gasteiger partial charge in [-0.1, -0.05) is 37.1 Å². The van der Waals surface area contributed by atoms with E-state index in [1.165, 1.54) is 119 Å². The molecule has 0 spiro atoms. The van der Waals surface area contributed by atoms with E-state index in [0.29, 0.717) is 98.8 Å². The highest BCUT2D eigenvalue weighted by Gasteiger charge is 2.34. The van der Waals surface area contributed by atoms with Gasteiger partial charge in [-0.15, -0.1) is 0 Å². The van der Waals surface area contributed by atoms with Gasteiger partial charge < -0.3 is 68.5 Å². The number of methoxy groups -OCH3 is 4. The number of nitrogens with zero attached hydrogens (tertiary/aromatic N) is 14. The van der Waals surface area contributed by atoms with E-state index in [4.69, 9.17) is 28.4 Å². The summed E-state index contributed by atoms with van der Waals surface area (Å²) in [5.41, 5.74) is 6.69. The number of aromatic nitrogens is 8. The molecule has 0 radical (unpaired) electrons. The molecule has 2 N–H and O–H groups in total. The summed E-state index contributed by atoms with van der Waals surface area (Å²) in [7, 11) is 15.7. The maximum atomic E-state index is 14.1. The Morgan fingerprint density at radius 2 is 0.748 bits per heavy atom. The number of carbonyl (C=O) groups is 2. The number of fused-ring (bicyclic) bond motifs is 4. The topological polar surface area (TPSA) is 270 Å². The number of halogens is 5. The van der Waals surface area contributed by atoms with Crippen LogP contribution in [0.2, 0.25) is 0 Å². The van der Waals surface area contributed by atoms with E-state index >= 15 is 0 Å². The van der Waals surface area contributed by atoms with Gasteiger partial charge in [-0.3, -0.25) is 36.8 Å². The van der Waals surface area contributed by atoms with Crippen molar-refractivity contribution in [1.29, 1.82) is 0 Å². The molecule has 4 aliphatic heterocycles. The van der Waals surface area contributed by atoms with Crippen LogP contribution in [0.5, 0.6) is 23.0 Å². The van der Waals surface area contributed by atoms with Crippen LogP contribution in [0.1, 0.15) is 104 Å². The van der Waals surface area contributed by atoms with Crippen molar-refractivity contribution in [3.63, 3.8) is 0 Å². The highest BCUT2D eigenvalue weighted by molar-refractivity contribution is 9.10. The van der Waals surface area contributed by atoms with Crippen LogP contribution in [-0.2, 0) is 9.47 Å². The SMILES string of the molecule is C.C.C.C.C.CN[C@@H]1CCN(C(=O)OC(C)(C)C)C1.COc1ccc(-c2cc(=O)n3cc(Br)ccc3n2)cc1F.COc1ccc(-c2cc(=O)n3cc(N(C)[C@@H]4CCN(C(=O)OC(C)(C)C)C4)ccc3n2)cc1F.COc1ccc(-c2cc(=O)n3cc(N(C)[C@@H]4CCN(C)C4)ccc3n2)cc1F.COc1ccc(-c2cc(=O)n3cc(N(C)[C@@H]4CCNC4)ccc3n2)cc1F.CS. The largest absolute Gasteiger partial charge is 0.494 e. The molecule has 0 unspecified atom stereocenters. The number of hydrogen-bond acceptors (Lipinski definition) is 23. The maximum Gasteiger partial charge on any atom is 0.410 e. The number of anilines is 3. The van der Waals surface area contributed by atoms with Gasteiger partial charge in [0.25, 0.3) is 22.2 Å². The lowest BCUT2D eigenvalue weighted by molar-refractivity contribution is 0.0281. The Morgan fingerprint density at radius 3 is 1.05 bits per heavy atom. The molecule has 8 aromatic heterocycles. The standard InChI is InChI=1S/C25H29FN4O4.C21H23FN4O2.C20H21FN4O2.C15H10BrFN2O2.C10H20N2O2.CH4S.5CH4/c1-25(2,3)34-24(32)29-11-10-18(14-29)28(4)17-7-9-22-27-20(13-23(31)30(22)15-17)16-6-8-21(33-5)19(26)12-16;1-24-9-8-16(12-24)25(2)15-5-7-20-23-18(11-21(27)26(20)13-15)14-4-6-19(28-3)17(22)10-14;1-24(14-7-8-22-11-14)15-4-6-19-23-17(10-20(26)25(19)12-15)13-3-5-18(27-2)16(21)9-13;1-21-13-4-2-9(6-11(13)17)12-7-15(20)19-8-10(16)3-5-14(19)18-12;1-10(2,3)14-9(13)12-6-5-8(7-12)11-4;1-2;;;;;/h6-9,12-13,15,18H,10-11,14H2,1-5H3;4-7,10-11,13,16H,8-9,12H2,1-3H3;3-6,9-10,12,14,22H,7-8,11H2,1-2H3;2-8H,1H3;8,11H,5-7H2,1-4H3;2H,1H3;5*1H4/t18-;16-;14-;;8-;;;;;;/m111.1....../s1. The van der Waals surface area contributed by atoms with Gasteiger partial charge in [-0.25, -0.2) is 47.1 Å². The lowest BCUT2D eigenvalue weighted by atomic mass is 10.1. The van der Waals surface area contributed by atoms with Crippen molar-refractivity contribution in [3.8, 4) is 68.0 Å². The summed E-state index contributed by atoms with van der Waals surface area (Å²) in [6.45, 7) is 17.9. The van der Waals surface area contributed by atoms with E-state index in [1.54, 1.807) is 77.1 Å². The van der Waals surface area contributed by atoms with Crippen LogP contribution in [0.4, 0.5) is 44.2 Å². The molecule has 4 saturated heterocycles. The van der Waals surface area contributed by atoms with Gasteiger partial charge in [0, 0.05) is 160 Å². The molecule has 16 rings (SSSR count). The Balaban J connectivity index is 0.000000254. The molecule has 0 bridgehead atoms. The van der Waals surface area contributed by atoms with Crippen molar-refractivity contribution in [2.45, 2.75) is 140 Å². The van der Waals surface area contributed by atoms with E-state index in [0.717, 1.165) is 86.5 Å². The summed E-state index contributed by atoms with van der Waals surface area (Å²) in [4.78, 5) is 105. The Bertz CT molecular complexity index is 6150. The second-order valence-electron chi connectivity index (χ2n) is 32.5. The number of pyridine rings is 4. The zero-order valence-electron chi connectivity index (χ0n) is 73.5. The molecule has 12 heterocycles. The van der Waals surface area contributed by atoms with Gasteiger partial charge in [-0.2, -0.15) is 12.6 Å². The zero-order valence-corrected chi connectivity index (χ0v) is 75.9. The molecular weight excluding hydrogens is 1770 g/mol. The first kappa shape index (κ1) is 108. The zero-order chi connectivity index (χ0) is 91.2. The van der Waals surface area contributed by atoms with Crippen LogP contribution in [0.25, 0.3) is 67.6 Å². The molecule has 4 atom stereocenters. The van der Waals surface area contributed by atoms with Crippen molar-refractivity contribution < 1.29 is 55.6 Å². The first-order chi connectivity index (χ1) is 60.1. The van der Waals surface area contributed by atoms with Crippen LogP contribution < -0.4 is 66.5 Å².